The number of aliphatic imine (C=N–C) groups is 1. The molecular weight excluding hydrogens is 469 g/mol. The molecule has 1 unspecified atom stereocenters. The van der Waals surface area contributed by atoms with Gasteiger partial charge in [0.25, 0.3) is 0 Å². The van der Waals surface area contributed by atoms with Crippen molar-refractivity contribution in [2.45, 2.75) is 39.8 Å². The standard InChI is InChI=1S/C20H31N5S.HI/c1-5-25(6-2)18(12-17-10-8-7-9-11-17)14-23-20(21-4)24-15-19-22-13-16(3)26-19;/h7-11,13,18H,5-6,12,14-15H2,1-4H3,(H2,21,23,24);1H. The molecule has 0 fully saturated rings. The zero-order chi connectivity index (χ0) is 18.8. The summed E-state index contributed by atoms with van der Waals surface area (Å²) in [5.74, 6) is 0.822. The largest absolute Gasteiger partial charge is 0.355 e. The van der Waals surface area contributed by atoms with Gasteiger partial charge in [-0.2, -0.15) is 0 Å². The summed E-state index contributed by atoms with van der Waals surface area (Å²) in [7, 11) is 1.81. The Kier molecular flexibility index (Phi) is 11.5. The minimum atomic E-state index is 0. The third-order valence-corrected chi connectivity index (χ3v) is 5.36. The first kappa shape index (κ1) is 23.8. The lowest BCUT2D eigenvalue weighted by molar-refractivity contribution is 0.215. The van der Waals surface area contributed by atoms with Gasteiger partial charge in [-0.3, -0.25) is 9.89 Å². The van der Waals surface area contributed by atoms with Crippen molar-refractivity contribution >= 4 is 41.3 Å². The van der Waals surface area contributed by atoms with E-state index in [0.29, 0.717) is 12.6 Å². The molecule has 1 atom stereocenters. The Morgan fingerprint density at radius 2 is 1.89 bits per heavy atom. The molecule has 0 aliphatic carbocycles. The minimum Gasteiger partial charge on any atom is -0.355 e. The van der Waals surface area contributed by atoms with Gasteiger partial charge in [0.2, 0.25) is 0 Å². The Bertz CT molecular complexity index is 670. The van der Waals surface area contributed by atoms with E-state index in [1.807, 2.05) is 13.2 Å². The molecule has 7 heteroatoms. The smallest absolute Gasteiger partial charge is 0.191 e. The molecule has 2 N–H and O–H groups in total. The van der Waals surface area contributed by atoms with Gasteiger partial charge in [-0.05, 0) is 32.0 Å². The molecule has 5 nitrogen and oxygen atoms in total. The quantitative estimate of drug-likeness (QED) is 0.313. The van der Waals surface area contributed by atoms with Gasteiger partial charge < -0.3 is 10.6 Å². The molecule has 0 saturated carbocycles. The number of hydrogen-bond donors (Lipinski definition) is 2. The molecule has 150 valence electrons. The van der Waals surface area contributed by atoms with Crippen LogP contribution in [0.25, 0.3) is 0 Å². The summed E-state index contributed by atoms with van der Waals surface area (Å²) in [5.41, 5.74) is 1.37. The van der Waals surface area contributed by atoms with Gasteiger partial charge in [-0.25, -0.2) is 4.98 Å². The Morgan fingerprint density at radius 3 is 2.44 bits per heavy atom. The molecule has 1 aromatic carbocycles. The van der Waals surface area contributed by atoms with Gasteiger partial charge in [-0.15, -0.1) is 35.3 Å². The maximum absolute atomic E-state index is 4.39. The topological polar surface area (TPSA) is 52.5 Å². The summed E-state index contributed by atoms with van der Waals surface area (Å²) < 4.78 is 0. The highest BCUT2D eigenvalue weighted by Crippen LogP contribution is 2.11. The number of guanidine groups is 1. The van der Waals surface area contributed by atoms with Crippen LogP contribution in [0.15, 0.2) is 41.5 Å². The molecule has 0 radical (unpaired) electrons. The second-order valence-corrected chi connectivity index (χ2v) is 7.56. The lowest BCUT2D eigenvalue weighted by Gasteiger charge is -2.30. The SMILES string of the molecule is CCN(CC)C(CNC(=NC)NCc1ncc(C)s1)Cc1ccccc1.I. The Hall–Kier alpha value is -1.19. The fourth-order valence-electron chi connectivity index (χ4n) is 3.03. The van der Waals surface area contributed by atoms with E-state index in [2.05, 4.69) is 76.6 Å². The fraction of sp³-hybridized carbons (Fsp3) is 0.500. The summed E-state index contributed by atoms with van der Waals surface area (Å²) in [5, 5.41) is 7.93. The maximum Gasteiger partial charge on any atom is 0.191 e. The van der Waals surface area contributed by atoms with Crippen molar-refractivity contribution in [1.82, 2.24) is 20.5 Å². The first-order chi connectivity index (χ1) is 12.7. The number of thiazole rings is 1. The van der Waals surface area contributed by atoms with E-state index >= 15 is 0 Å². The van der Waals surface area contributed by atoms with Crippen LogP contribution >= 0.6 is 35.3 Å². The predicted octanol–water partition coefficient (Wildman–Crippen LogP) is 3.69. The lowest BCUT2D eigenvalue weighted by Crippen LogP contribution is -2.48. The van der Waals surface area contributed by atoms with Crippen LogP contribution < -0.4 is 10.6 Å². The van der Waals surface area contributed by atoms with Gasteiger partial charge >= 0.3 is 0 Å². The summed E-state index contributed by atoms with van der Waals surface area (Å²) in [6.07, 6.45) is 2.94. The molecule has 27 heavy (non-hydrogen) atoms. The van der Waals surface area contributed by atoms with Crippen LogP contribution in [0.5, 0.6) is 0 Å². The number of rotatable bonds is 9. The number of benzene rings is 1. The number of nitrogens with one attached hydrogen (secondary N) is 2. The summed E-state index contributed by atoms with van der Waals surface area (Å²) in [6, 6.07) is 11.1. The molecule has 0 saturated heterocycles. The van der Waals surface area contributed by atoms with Gasteiger partial charge in [0.1, 0.15) is 5.01 Å². The van der Waals surface area contributed by atoms with Crippen molar-refractivity contribution in [2.75, 3.05) is 26.7 Å². The van der Waals surface area contributed by atoms with Gasteiger partial charge in [0.05, 0.1) is 6.54 Å². The highest BCUT2D eigenvalue weighted by Gasteiger charge is 2.17. The van der Waals surface area contributed by atoms with E-state index in [1.165, 1.54) is 10.4 Å². The van der Waals surface area contributed by atoms with Crippen LogP contribution in [0.2, 0.25) is 0 Å². The molecule has 1 heterocycles. The van der Waals surface area contributed by atoms with Gasteiger partial charge in [0.15, 0.2) is 5.96 Å². The second kappa shape index (κ2) is 13.1. The average molecular weight is 501 g/mol. The maximum atomic E-state index is 4.39. The van der Waals surface area contributed by atoms with Crippen LogP contribution in [0.3, 0.4) is 0 Å². The first-order valence-electron chi connectivity index (χ1n) is 9.30. The summed E-state index contributed by atoms with van der Waals surface area (Å²) >= 11 is 1.71. The molecule has 0 spiro atoms. The highest BCUT2D eigenvalue weighted by atomic mass is 127. The average Bonchev–Trinajstić information content (AvgIpc) is 3.08. The van der Waals surface area contributed by atoms with E-state index < -0.39 is 0 Å². The Labute approximate surface area is 184 Å². The molecule has 2 aromatic rings. The monoisotopic (exact) mass is 501 g/mol. The normalized spacial score (nSPS) is 12.6. The molecule has 0 aliphatic heterocycles. The van der Waals surface area contributed by atoms with E-state index in [-0.39, 0.29) is 24.0 Å². The zero-order valence-electron chi connectivity index (χ0n) is 16.7. The van der Waals surface area contributed by atoms with E-state index in [1.54, 1.807) is 11.3 Å². The number of likely N-dealkylation sites (N-methyl/N-ethyl adjacent to an activating group) is 1. The molecule has 2 rings (SSSR count). The first-order valence-corrected chi connectivity index (χ1v) is 10.1. The number of aromatic nitrogens is 1. The summed E-state index contributed by atoms with van der Waals surface area (Å²) in [6.45, 7) is 10.2. The van der Waals surface area contributed by atoms with Crippen LogP contribution in [0.1, 0.15) is 29.3 Å². The molecule has 0 aliphatic rings. The summed E-state index contributed by atoms with van der Waals surface area (Å²) in [4.78, 5) is 12.5. The molecular formula is C20H32IN5S. The van der Waals surface area contributed by atoms with Crippen molar-refractivity contribution < 1.29 is 0 Å². The molecule has 0 amide bonds. The van der Waals surface area contributed by atoms with Crippen LogP contribution in [-0.4, -0.2) is 48.6 Å². The highest BCUT2D eigenvalue weighted by molar-refractivity contribution is 14.0. The predicted molar refractivity (Wildman–Crippen MR) is 127 cm³/mol. The number of aryl methyl sites for hydroxylation is 1. The Morgan fingerprint density at radius 1 is 1.19 bits per heavy atom. The Balaban J connectivity index is 0.00000364. The number of halogens is 1. The van der Waals surface area contributed by atoms with Crippen LogP contribution in [0, 0.1) is 6.92 Å². The third-order valence-electron chi connectivity index (χ3n) is 4.45. The molecule has 0 bridgehead atoms. The van der Waals surface area contributed by atoms with Crippen molar-refractivity contribution in [3.05, 3.63) is 52.0 Å². The minimum absolute atomic E-state index is 0. The third kappa shape index (κ3) is 8.15. The van der Waals surface area contributed by atoms with Crippen LogP contribution in [-0.2, 0) is 13.0 Å². The lowest BCUT2D eigenvalue weighted by atomic mass is 10.0. The van der Waals surface area contributed by atoms with Crippen molar-refractivity contribution in [1.29, 1.82) is 0 Å². The van der Waals surface area contributed by atoms with E-state index in [9.17, 15) is 0 Å². The number of nitrogens with zero attached hydrogens (tertiary/aromatic N) is 3. The van der Waals surface area contributed by atoms with E-state index in [4.69, 9.17) is 0 Å². The molecule has 1 aromatic heterocycles. The van der Waals surface area contributed by atoms with Crippen LogP contribution in [0.4, 0.5) is 0 Å². The zero-order valence-corrected chi connectivity index (χ0v) is 19.9. The fourth-order valence-corrected chi connectivity index (χ4v) is 3.76. The number of hydrogen-bond acceptors (Lipinski definition) is 4. The van der Waals surface area contributed by atoms with Crippen molar-refractivity contribution in [3.8, 4) is 0 Å². The second-order valence-electron chi connectivity index (χ2n) is 6.24. The van der Waals surface area contributed by atoms with E-state index in [0.717, 1.165) is 37.0 Å². The van der Waals surface area contributed by atoms with Crippen molar-refractivity contribution in [3.63, 3.8) is 0 Å². The van der Waals surface area contributed by atoms with Crippen molar-refractivity contribution in [2.24, 2.45) is 4.99 Å². The van der Waals surface area contributed by atoms with Gasteiger partial charge in [-0.1, -0.05) is 44.2 Å². The van der Waals surface area contributed by atoms with Gasteiger partial charge in [0, 0.05) is 30.7 Å².